The van der Waals surface area contributed by atoms with Crippen LogP contribution in [0.25, 0.3) is 0 Å². The molecule has 0 radical (unpaired) electrons. The van der Waals surface area contributed by atoms with Crippen molar-refractivity contribution < 1.29 is 4.79 Å². The number of hydrogen-bond acceptors (Lipinski definition) is 3. The zero-order valence-corrected chi connectivity index (χ0v) is 9.99. The van der Waals surface area contributed by atoms with Crippen LogP contribution < -0.4 is 16.8 Å². The first-order chi connectivity index (χ1) is 7.59. The Kier molecular flexibility index (Phi) is 3.50. The van der Waals surface area contributed by atoms with E-state index in [4.69, 9.17) is 11.5 Å². The molecule has 0 heterocycles. The first-order valence-electron chi connectivity index (χ1n) is 6.38. The van der Waals surface area contributed by atoms with Gasteiger partial charge in [-0.15, -0.1) is 0 Å². The third-order valence-electron chi connectivity index (χ3n) is 4.18. The number of hydrogen-bond donors (Lipinski definition) is 3. The van der Waals surface area contributed by atoms with Gasteiger partial charge in [0.25, 0.3) is 0 Å². The van der Waals surface area contributed by atoms with Crippen LogP contribution >= 0.6 is 0 Å². The Balaban J connectivity index is 1.81. The van der Waals surface area contributed by atoms with E-state index in [1.165, 1.54) is 12.8 Å². The van der Waals surface area contributed by atoms with E-state index in [0.717, 1.165) is 12.8 Å². The van der Waals surface area contributed by atoms with Crippen molar-refractivity contribution in [1.82, 2.24) is 5.32 Å². The summed E-state index contributed by atoms with van der Waals surface area (Å²) in [5.74, 6) is 1.34. The Morgan fingerprint density at radius 3 is 2.69 bits per heavy atom. The van der Waals surface area contributed by atoms with E-state index in [9.17, 15) is 4.79 Å². The number of nitrogens with one attached hydrogen (secondary N) is 1. The Labute approximate surface area is 97.1 Å². The summed E-state index contributed by atoms with van der Waals surface area (Å²) in [6.45, 7) is 2.63. The maximum atomic E-state index is 12.0. The predicted octanol–water partition coefficient (Wildman–Crippen LogP) is 0.213. The van der Waals surface area contributed by atoms with Gasteiger partial charge in [0, 0.05) is 18.6 Å². The van der Waals surface area contributed by atoms with E-state index in [1.807, 2.05) is 6.92 Å². The standard InChI is InChI=1S/C12H23N3O/c1-7(13)4-5-15-12(16)10-8-2-3-9(6-8)11(10)14/h7-11H,2-6,13-14H2,1H3,(H,15,16). The fraction of sp³-hybridized carbons (Fsp3) is 0.917. The molecule has 2 bridgehead atoms. The molecular weight excluding hydrogens is 202 g/mol. The van der Waals surface area contributed by atoms with Crippen molar-refractivity contribution in [1.29, 1.82) is 0 Å². The largest absolute Gasteiger partial charge is 0.356 e. The molecule has 92 valence electrons. The minimum Gasteiger partial charge on any atom is -0.356 e. The topological polar surface area (TPSA) is 81.1 Å². The van der Waals surface area contributed by atoms with Gasteiger partial charge in [-0.2, -0.15) is 0 Å². The van der Waals surface area contributed by atoms with Crippen LogP contribution in [0.5, 0.6) is 0 Å². The Morgan fingerprint density at radius 1 is 1.44 bits per heavy atom. The van der Waals surface area contributed by atoms with Crippen molar-refractivity contribution >= 4 is 5.91 Å². The number of fused-ring (bicyclic) bond motifs is 2. The average Bonchev–Trinajstić information content (AvgIpc) is 2.76. The van der Waals surface area contributed by atoms with Gasteiger partial charge in [-0.3, -0.25) is 4.79 Å². The van der Waals surface area contributed by atoms with Crippen molar-refractivity contribution in [2.24, 2.45) is 29.2 Å². The predicted molar refractivity (Wildman–Crippen MR) is 63.6 cm³/mol. The fourth-order valence-electron chi connectivity index (χ4n) is 3.27. The van der Waals surface area contributed by atoms with E-state index in [1.54, 1.807) is 0 Å². The molecule has 2 aliphatic rings. The zero-order chi connectivity index (χ0) is 11.7. The van der Waals surface area contributed by atoms with Crippen LogP contribution in [0.1, 0.15) is 32.6 Å². The van der Waals surface area contributed by atoms with Crippen LogP contribution in [0.15, 0.2) is 0 Å². The van der Waals surface area contributed by atoms with E-state index < -0.39 is 0 Å². The van der Waals surface area contributed by atoms with Gasteiger partial charge >= 0.3 is 0 Å². The maximum absolute atomic E-state index is 12.0. The fourth-order valence-corrected chi connectivity index (χ4v) is 3.27. The number of rotatable bonds is 4. The summed E-state index contributed by atoms with van der Waals surface area (Å²) >= 11 is 0. The molecule has 0 aromatic carbocycles. The average molecular weight is 225 g/mol. The van der Waals surface area contributed by atoms with Crippen LogP contribution in [-0.4, -0.2) is 24.5 Å². The van der Waals surface area contributed by atoms with Crippen LogP contribution in [0.3, 0.4) is 0 Å². The summed E-state index contributed by atoms with van der Waals surface area (Å²) in [6.07, 6.45) is 4.40. The van der Waals surface area contributed by atoms with E-state index in [2.05, 4.69) is 5.32 Å². The van der Waals surface area contributed by atoms with Gasteiger partial charge in [0.1, 0.15) is 0 Å². The van der Waals surface area contributed by atoms with Gasteiger partial charge in [-0.25, -0.2) is 0 Å². The third kappa shape index (κ3) is 2.23. The molecule has 0 saturated heterocycles. The van der Waals surface area contributed by atoms with Crippen molar-refractivity contribution in [2.75, 3.05) is 6.54 Å². The normalized spacial score (nSPS) is 38.7. The first kappa shape index (κ1) is 11.9. The molecule has 2 saturated carbocycles. The molecule has 2 rings (SSSR count). The monoisotopic (exact) mass is 225 g/mol. The summed E-state index contributed by atoms with van der Waals surface area (Å²) in [6, 6.07) is 0.239. The molecule has 0 spiro atoms. The van der Waals surface area contributed by atoms with Crippen molar-refractivity contribution in [3.63, 3.8) is 0 Å². The van der Waals surface area contributed by atoms with Gasteiger partial charge in [-0.1, -0.05) is 0 Å². The third-order valence-corrected chi connectivity index (χ3v) is 4.18. The molecule has 2 fully saturated rings. The van der Waals surface area contributed by atoms with Gasteiger partial charge < -0.3 is 16.8 Å². The Bertz CT molecular complexity index is 265. The summed E-state index contributed by atoms with van der Waals surface area (Å²) in [7, 11) is 0. The number of nitrogens with two attached hydrogens (primary N) is 2. The smallest absolute Gasteiger partial charge is 0.224 e. The lowest BCUT2D eigenvalue weighted by atomic mass is 9.84. The van der Waals surface area contributed by atoms with Gasteiger partial charge in [0.2, 0.25) is 5.91 Å². The minimum atomic E-state index is 0.0619. The lowest BCUT2D eigenvalue weighted by Gasteiger charge is -2.27. The number of carbonyl (C=O) groups is 1. The van der Waals surface area contributed by atoms with Crippen molar-refractivity contribution in [2.45, 2.75) is 44.7 Å². The zero-order valence-electron chi connectivity index (χ0n) is 9.99. The molecule has 0 aromatic heterocycles. The molecule has 1 amide bonds. The summed E-state index contributed by atoms with van der Waals surface area (Å²) < 4.78 is 0. The molecule has 0 aromatic rings. The van der Waals surface area contributed by atoms with Gasteiger partial charge in [0.15, 0.2) is 0 Å². The van der Waals surface area contributed by atoms with Crippen LogP contribution in [0, 0.1) is 17.8 Å². The van der Waals surface area contributed by atoms with Crippen LogP contribution in [0.2, 0.25) is 0 Å². The second kappa shape index (κ2) is 4.72. The van der Waals surface area contributed by atoms with E-state index in [-0.39, 0.29) is 23.9 Å². The molecular formula is C12H23N3O. The van der Waals surface area contributed by atoms with E-state index in [0.29, 0.717) is 18.4 Å². The molecule has 4 heteroatoms. The lowest BCUT2D eigenvalue weighted by molar-refractivity contribution is -0.127. The SMILES string of the molecule is CC(N)CCNC(=O)C1C2CCC(C2)C1N. The molecule has 4 nitrogen and oxygen atoms in total. The van der Waals surface area contributed by atoms with E-state index >= 15 is 0 Å². The summed E-state index contributed by atoms with van der Waals surface area (Å²) in [4.78, 5) is 12.0. The first-order valence-corrected chi connectivity index (χ1v) is 6.38. The Morgan fingerprint density at radius 2 is 2.12 bits per heavy atom. The van der Waals surface area contributed by atoms with Crippen molar-refractivity contribution in [3.8, 4) is 0 Å². The summed E-state index contributed by atoms with van der Waals surface area (Å²) in [5, 5.41) is 2.97. The quantitative estimate of drug-likeness (QED) is 0.640. The van der Waals surface area contributed by atoms with Crippen molar-refractivity contribution in [3.05, 3.63) is 0 Å². The maximum Gasteiger partial charge on any atom is 0.224 e. The van der Waals surface area contributed by atoms with Gasteiger partial charge in [-0.05, 0) is 44.4 Å². The minimum absolute atomic E-state index is 0.0619. The van der Waals surface area contributed by atoms with Crippen LogP contribution in [-0.2, 0) is 4.79 Å². The molecule has 16 heavy (non-hydrogen) atoms. The molecule has 5 N–H and O–H groups in total. The van der Waals surface area contributed by atoms with Crippen LogP contribution in [0.4, 0.5) is 0 Å². The highest BCUT2D eigenvalue weighted by Crippen LogP contribution is 2.47. The molecule has 0 aliphatic heterocycles. The molecule has 2 aliphatic carbocycles. The highest BCUT2D eigenvalue weighted by Gasteiger charge is 2.48. The van der Waals surface area contributed by atoms with Gasteiger partial charge in [0.05, 0.1) is 5.92 Å². The second-order valence-corrected chi connectivity index (χ2v) is 5.49. The molecule has 5 atom stereocenters. The highest BCUT2D eigenvalue weighted by atomic mass is 16.1. The number of carbonyl (C=O) groups excluding carboxylic acids is 1. The lowest BCUT2D eigenvalue weighted by Crippen LogP contribution is -2.45. The number of amides is 1. The summed E-state index contributed by atoms with van der Waals surface area (Å²) in [5.41, 5.74) is 11.8. The second-order valence-electron chi connectivity index (χ2n) is 5.49. The highest BCUT2D eigenvalue weighted by molar-refractivity contribution is 5.80. The molecule has 5 unspecified atom stereocenters. The Hall–Kier alpha value is -0.610.